The molecule has 0 aliphatic rings. The third-order valence-corrected chi connectivity index (χ3v) is 2.17. The first kappa shape index (κ1) is 11.7. The van der Waals surface area contributed by atoms with Crippen molar-refractivity contribution in [1.82, 2.24) is 4.98 Å². The lowest BCUT2D eigenvalue weighted by Gasteiger charge is -2.01. The van der Waals surface area contributed by atoms with Crippen LogP contribution in [0.5, 0.6) is 0 Å². The summed E-state index contributed by atoms with van der Waals surface area (Å²) in [5.41, 5.74) is 4.08. The van der Waals surface area contributed by atoms with Gasteiger partial charge >= 0.3 is 0 Å². The van der Waals surface area contributed by atoms with E-state index < -0.39 is 0 Å². The molecule has 0 aliphatic carbocycles. The maximum absolute atomic E-state index is 4.27. The topological polar surface area (TPSA) is 37.3 Å². The van der Waals surface area contributed by atoms with Crippen molar-refractivity contribution in [3.8, 4) is 0 Å². The summed E-state index contributed by atoms with van der Waals surface area (Å²) in [5.74, 6) is 0.798. The van der Waals surface area contributed by atoms with Crippen LogP contribution in [0, 0.1) is 0 Å². The Labute approximate surface area is 91.6 Å². The Balaban J connectivity index is 2.31. The van der Waals surface area contributed by atoms with Gasteiger partial charge in [0.2, 0.25) is 0 Å². The maximum atomic E-state index is 4.27. The summed E-state index contributed by atoms with van der Waals surface area (Å²) in [6.07, 6.45) is 6.56. The van der Waals surface area contributed by atoms with Gasteiger partial charge in [0.05, 0.1) is 0 Å². The van der Waals surface area contributed by atoms with Gasteiger partial charge in [-0.15, -0.1) is 0 Å². The van der Waals surface area contributed by atoms with Gasteiger partial charge in [0.15, 0.2) is 0 Å². The summed E-state index contributed by atoms with van der Waals surface area (Å²) in [6, 6.07) is 5.74. The molecule has 0 unspecified atom stereocenters. The number of aromatic nitrogens is 1. The van der Waals surface area contributed by atoms with Gasteiger partial charge in [-0.3, -0.25) is 5.43 Å². The van der Waals surface area contributed by atoms with Gasteiger partial charge in [-0.2, -0.15) is 5.10 Å². The Morgan fingerprint density at radius 2 is 2.27 bits per heavy atom. The molecule has 0 saturated heterocycles. The van der Waals surface area contributed by atoms with E-state index in [1.54, 1.807) is 6.20 Å². The standard InChI is InChI=1S/C12H19N3/c1-3-4-5-8-11(2)14-15-12-9-6-7-10-13-12/h6-7,9-10H,3-5,8H2,1-2H3,(H,13,15). The second-order valence-corrected chi connectivity index (χ2v) is 3.63. The van der Waals surface area contributed by atoms with Crippen molar-refractivity contribution in [3.63, 3.8) is 0 Å². The van der Waals surface area contributed by atoms with Gasteiger partial charge in [-0.1, -0.05) is 25.8 Å². The summed E-state index contributed by atoms with van der Waals surface area (Å²) < 4.78 is 0. The molecule has 1 aromatic heterocycles. The monoisotopic (exact) mass is 205 g/mol. The maximum Gasteiger partial charge on any atom is 0.146 e. The second-order valence-electron chi connectivity index (χ2n) is 3.63. The lowest BCUT2D eigenvalue weighted by molar-refractivity contribution is 0.740. The molecule has 0 fully saturated rings. The first-order valence-electron chi connectivity index (χ1n) is 5.53. The van der Waals surface area contributed by atoms with E-state index in [0.29, 0.717) is 0 Å². The molecule has 1 heterocycles. The predicted molar refractivity (Wildman–Crippen MR) is 65.1 cm³/mol. The highest BCUT2D eigenvalue weighted by atomic mass is 15.3. The number of anilines is 1. The van der Waals surface area contributed by atoms with Crippen LogP contribution in [0.25, 0.3) is 0 Å². The van der Waals surface area contributed by atoms with E-state index in [-0.39, 0.29) is 0 Å². The van der Waals surface area contributed by atoms with Crippen molar-refractivity contribution in [2.45, 2.75) is 39.5 Å². The highest BCUT2D eigenvalue weighted by molar-refractivity contribution is 5.82. The average molecular weight is 205 g/mol. The van der Waals surface area contributed by atoms with Crippen LogP contribution in [0.3, 0.4) is 0 Å². The molecule has 1 aromatic rings. The van der Waals surface area contributed by atoms with Crippen molar-refractivity contribution in [3.05, 3.63) is 24.4 Å². The van der Waals surface area contributed by atoms with E-state index in [4.69, 9.17) is 0 Å². The minimum atomic E-state index is 0.798. The van der Waals surface area contributed by atoms with E-state index in [9.17, 15) is 0 Å². The van der Waals surface area contributed by atoms with Crippen LogP contribution < -0.4 is 5.43 Å². The molecule has 0 radical (unpaired) electrons. The minimum absolute atomic E-state index is 0.798. The smallest absolute Gasteiger partial charge is 0.146 e. The van der Waals surface area contributed by atoms with Crippen molar-refractivity contribution in [2.24, 2.45) is 5.10 Å². The van der Waals surface area contributed by atoms with Crippen molar-refractivity contribution in [2.75, 3.05) is 5.43 Å². The fraction of sp³-hybridized carbons (Fsp3) is 0.500. The molecule has 0 aliphatic heterocycles. The molecule has 0 atom stereocenters. The SMILES string of the molecule is CCCCCC(C)=NNc1ccccn1. The summed E-state index contributed by atoms with van der Waals surface area (Å²) in [5, 5.41) is 4.27. The van der Waals surface area contributed by atoms with Crippen LogP contribution in [0.15, 0.2) is 29.5 Å². The molecule has 0 amide bonds. The van der Waals surface area contributed by atoms with Crippen LogP contribution in [-0.4, -0.2) is 10.7 Å². The highest BCUT2D eigenvalue weighted by Crippen LogP contribution is 2.03. The molecule has 0 spiro atoms. The molecular formula is C12H19N3. The summed E-state index contributed by atoms with van der Waals surface area (Å²) >= 11 is 0. The van der Waals surface area contributed by atoms with Crippen LogP contribution in [-0.2, 0) is 0 Å². The highest BCUT2D eigenvalue weighted by Gasteiger charge is 1.92. The Kier molecular flexibility index (Phi) is 5.44. The number of hydrogen-bond donors (Lipinski definition) is 1. The van der Waals surface area contributed by atoms with Crippen molar-refractivity contribution >= 4 is 11.5 Å². The third kappa shape index (κ3) is 5.15. The molecule has 82 valence electrons. The molecule has 15 heavy (non-hydrogen) atoms. The van der Waals surface area contributed by atoms with Gasteiger partial charge in [0.1, 0.15) is 5.82 Å². The molecule has 0 saturated carbocycles. The Bertz CT molecular complexity index is 293. The predicted octanol–water partition coefficient (Wildman–Crippen LogP) is 3.45. The first-order chi connectivity index (χ1) is 7.33. The first-order valence-corrected chi connectivity index (χ1v) is 5.53. The quantitative estimate of drug-likeness (QED) is 0.439. The molecule has 3 heteroatoms. The number of rotatable bonds is 6. The number of nitrogens with zero attached hydrogens (tertiary/aromatic N) is 2. The lowest BCUT2D eigenvalue weighted by Crippen LogP contribution is -1.98. The largest absolute Gasteiger partial charge is 0.261 e. The minimum Gasteiger partial charge on any atom is -0.261 e. The Morgan fingerprint density at radius 1 is 1.40 bits per heavy atom. The Hall–Kier alpha value is -1.38. The van der Waals surface area contributed by atoms with Crippen molar-refractivity contribution in [1.29, 1.82) is 0 Å². The van der Waals surface area contributed by atoms with Gasteiger partial charge in [0.25, 0.3) is 0 Å². The van der Waals surface area contributed by atoms with Crippen LogP contribution in [0.2, 0.25) is 0 Å². The van der Waals surface area contributed by atoms with E-state index in [1.165, 1.54) is 19.3 Å². The van der Waals surface area contributed by atoms with E-state index in [1.807, 2.05) is 25.1 Å². The zero-order valence-corrected chi connectivity index (χ0v) is 9.53. The number of pyridine rings is 1. The van der Waals surface area contributed by atoms with Gasteiger partial charge in [-0.05, 0) is 31.9 Å². The normalized spacial score (nSPS) is 11.5. The fourth-order valence-corrected chi connectivity index (χ4v) is 1.27. The van der Waals surface area contributed by atoms with E-state index in [0.717, 1.165) is 18.0 Å². The third-order valence-electron chi connectivity index (χ3n) is 2.17. The van der Waals surface area contributed by atoms with Gasteiger partial charge < -0.3 is 0 Å². The van der Waals surface area contributed by atoms with Crippen molar-refractivity contribution < 1.29 is 0 Å². The summed E-state index contributed by atoms with van der Waals surface area (Å²) in [4.78, 5) is 4.13. The molecule has 0 bridgehead atoms. The van der Waals surface area contributed by atoms with Crippen LogP contribution >= 0.6 is 0 Å². The average Bonchev–Trinajstić information content (AvgIpc) is 2.28. The second kappa shape index (κ2) is 6.98. The van der Waals surface area contributed by atoms with E-state index in [2.05, 4.69) is 22.4 Å². The Morgan fingerprint density at radius 3 is 2.93 bits per heavy atom. The summed E-state index contributed by atoms with van der Waals surface area (Å²) in [6.45, 7) is 4.25. The number of hydrogen-bond acceptors (Lipinski definition) is 3. The number of unbranched alkanes of at least 4 members (excludes halogenated alkanes) is 2. The van der Waals surface area contributed by atoms with Gasteiger partial charge in [0, 0.05) is 11.9 Å². The molecule has 1 N–H and O–H groups in total. The van der Waals surface area contributed by atoms with Crippen LogP contribution in [0.1, 0.15) is 39.5 Å². The van der Waals surface area contributed by atoms with Crippen LogP contribution in [0.4, 0.5) is 5.82 Å². The number of hydrazone groups is 1. The van der Waals surface area contributed by atoms with E-state index >= 15 is 0 Å². The molecular weight excluding hydrogens is 186 g/mol. The molecule has 3 nitrogen and oxygen atoms in total. The lowest BCUT2D eigenvalue weighted by atomic mass is 10.1. The van der Waals surface area contributed by atoms with Gasteiger partial charge in [-0.25, -0.2) is 4.98 Å². The summed E-state index contributed by atoms with van der Waals surface area (Å²) in [7, 11) is 0. The number of nitrogens with one attached hydrogen (secondary N) is 1. The fourth-order valence-electron chi connectivity index (χ4n) is 1.27. The molecule has 1 rings (SSSR count). The zero-order chi connectivity index (χ0) is 10.9. The zero-order valence-electron chi connectivity index (χ0n) is 9.53. The molecule has 0 aromatic carbocycles.